The highest BCUT2D eigenvalue weighted by atomic mass is 32.3. The predicted octanol–water partition coefficient (Wildman–Crippen LogP) is 2.50. The zero-order valence-electron chi connectivity index (χ0n) is 18.6. The number of carbonyl (C=O) groups is 1. The summed E-state index contributed by atoms with van der Waals surface area (Å²) in [5, 5.41) is 0. The zero-order valence-corrected chi connectivity index (χ0v) is 19.4. The lowest BCUT2D eigenvalue weighted by Gasteiger charge is -2.06. The molecule has 0 fully saturated rings. The van der Waals surface area contributed by atoms with E-state index in [2.05, 4.69) is 18.0 Å². The second-order valence-corrected chi connectivity index (χ2v) is 7.99. The van der Waals surface area contributed by atoms with E-state index in [1.54, 1.807) is 4.57 Å². The van der Waals surface area contributed by atoms with Gasteiger partial charge in [0.05, 0.1) is 20.3 Å². The molecule has 0 atom stereocenters. The van der Waals surface area contributed by atoms with Crippen molar-refractivity contribution in [1.29, 1.82) is 0 Å². The molecule has 1 aromatic heterocycles. The summed E-state index contributed by atoms with van der Waals surface area (Å²) in [5.74, 6) is -0.236. The van der Waals surface area contributed by atoms with E-state index in [0.717, 1.165) is 32.3 Å². The first-order valence-corrected chi connectivity index (χ1v) is 12.0. The monoisotopic (exact) mass is 450 g/mol. The first-order chi connectivity index (χ1) is 14.3. The Hall–Kier alpha value is -1.49. The van der Waals surface area contributed by atoms with Crippen LogP contribution in [0.2, 0.25) is 0 Å². The first kappa shape index (κ1) is 28.5. The maximum Gasteiger partial charge on any atom is 0.348 e. The summed E-state index contributed by atoms with van der Waals surface area (Å²) in [5.41, 5.74) is 0. The van der Waals surface area contributed by atoms with Crippen LogP contribution >= 0.6 is 0 Å². The van der Waals surface area contributed by atoms with Crippen LogP contribution in [0.25, 0.3) is 0 Å². The Morgan fingerprint density at radius 3 is 2.23 bits per heavy atom. The third-order valence-corrected chi connectivity index (χ3v) is 4.45. The van der Waals surface area contributed by atoms with E-state index in [1.807, 2.05) is 30.3 Å². The van der Waals surface area contributed by atoms with Crippen molar-refractivity contribution in [3.05, 3.63) is 18.7 Å². The number of nitrogens with zero attached hydrogens (tertiary/aromatic N) is 2. The molecule has 0 radical (unpaired) electrons. The van der Waals surface area contributed by atoms with Crippen molar-refractivity contribution in [2.24, 2.45) is 7.05 Å². The summed E-state index contributed by atoms with van der Waals surface area (Å²) in [6.45, 7) is 6.06. The molecule has 1 heterocycles. The highest BCUT2D eigenvalue weighted by Gasteiger charge is 2.08. The van der Waals surface area contributed by atoms with Crippen LogP contribution in [0.1, 0.15) is 65.2 Å². The van der Waals surface area contributed by atoms with Gasteiger partial charge in [0.15, 0.2) is 6.54 Å². The van der Waals surface area contributed by atoms with E-state index in [1.165, 1.54) is 19.3 Å². The molecule has 10 heteroatoms. The number of imidazole rings is 1. The van der Waals surface area contributed by atoms with Crippen LogP contribution in [0.4, 0.5) is 0 Å². The lowest BCUT2D eigenvalue weighted by atomic mass is 10.1. The Morgan fingerprint density at radius 1 is 0.967 bits per heavy atom. The molecule has 0 spiro atoms. The third-order valence-electron chi connectivity index (χ3n) is 3.99. The highest BCUT2D eigenvalue weighted by Crippen LogP contribution is 2.05. The minimum absolute atomic E-state index is 0.0258. The Labute approximate surface area is 181 Å². The smallest absolute Gasteiger partial charge is 0.348 e. The summed E-state index contributed by atoms with van der Waals surface area (Å²) in [6, 6.07) is 0. The van der Waals surface area contributed by atoms with Gasteiger partial charge in [-0.25, -0.2) is 22.3 Å². The molecule has 0 unspecified atom stereocenters. The molecule has 1 aromatic rings. The number of ether oxygens (including phenoxy) is 2. The van der Waals surface area contributed by atoms with Gasteiger partial charge in [-0.3, -0.25) is 4.18 Å². The van der Waals surface area contributed by atoms with E-state index < -0.39 is 10.4 Å². The number of rotatable bonds is 16. The van der Waals surface area contributed by atoms with E-state index >= 15 is 0 Å². The zero-order chi connectivity index (χ0) is 22.7. The molecule has 9 nitrogen and oxygen atoms in total. The Kier molecular flexibility index (Phi) is 17.4. The Morgan fingerprint density at radius 2 is 1.63 bits per heavy atom. The van der Waals surface area contributed by atoms with Crippen LogP contribution in [-0.2, 0) is 42.4 Å². The minimum Gasteiger partial charge on any atom is -0.726 e. The Balaban J connectivity index is 0.000000584. The van der Waals surface area contributed by atoms with Gasteiger partial charge in [-0.2, -0.15) is 0 Å². The predicted molar refractivity (Wildman–Crippen MR) is 111 cm³/mol. The number of hydrogen-bond acceptors (Lipinski definition) is 7. The average molecular weight is 451 g/mol. The van der Waals surface area contributed by atoms with Gasteiger partial charge in [0.25, 0.3) is 0 Å². The van der Waals surface area contributed by atoms with Crippen molar-refractivity contribution in [1.82, 2.24) is 4.57 Å². The number of esters is 1. The van der Waals surface area contributed by atoms with Gasteiger partial charge >= 0.3 is 5.97 Å². The molecular formula is C20H38N2O7S. The SMILES string of the molecule is CCCCCCCCOS(=O)(=O)[O-].CCCCOCCOC(=O)Cn1cc[n+](C)c1. The summed E-state index contributed by atoms with van der Waals surface area (Å²) in [4.78, 5) is 11.4. The third kappa shape index (κ3) is 19.8. The van der Waals surface area contributed by atoms with Gasteiger partial charge in [0.2, 0.25) is 16.7 Å². The standard InChI is InChI=1S/C12H21N2O3.C8H18O4S/c1-3-4-7-16-8-9-17-12(15)10-14-6-5-13(2)11-14;1-2-3-4-5-6-7-8-12-13(9,10)11/h5-6,11H,3-4,7-10H2,1-2H3;2-8H2,1H3,(H,9,10,11)/q+1;/p-1. The maximum atomic E-state index is 11.4. The first-order valence-electron chi connectivity index (χ1n) is 10.6. The largest absolute Gasteiger partial charge is 0.726 e. The van der Waals surface area contributed by atoms with Gasteiger partial charge in [-0.05, 0) is 12.8 Å². The van der Waals surface area contributed by atoms with Crippen LogP contribution < -0.4 is 4.57 Å². The van der Waals surface area contributed by atoms with Crippen LogP contribution in [0, 0.1) is 0 Å². The van der Waals surface area contributed by atoms with Gasteiger partial charge in [0.1, 0.15) is 19.0 Å². The lowest BCUT2D eigenvalue weighted by molar-refractivity contribution is -0.671. The molecule has 176 valence electrons. The van der Waals surface area contributed by atoms with E-state index in [0.29, 0.717) is 19.6 Å². The van der Waals surface area contributed by atoms with E-state index in [-0.39, 0.29) is 19.1 Å². The maximum absolute atomic E-state index is 11.4. The number of hydrogen-bond donors (Lipinski definition) is 0. The van der Waals surface area contributed by atoms with Crippen LogP contribution in [0.15, 0.2) is 18.7 Å². The molecule has 0 aromatic carbocycles. The lowest BCUT2D eigenvalue weighted by Crippen LogP contribution is -2.24. The normalized spacial score (nSPS) is 11.1. The van der Waals surface area contributed by atoms with Gasteiger partial charge in [0, 0.05) is 6.61 Å². The van der Waals surface area contributed by atoms with Gasteiger partial charge in [-0.15, -0.1) is 0 Å². The van der Waals surface area contributed by atoms with Gasteiger partial charge < -0.3 is 14.0 Å². The van der Waals surface area contributed by atoms with Crippen LogP contribution in [0.5, 0.6) is 0 Å². The quantitative estimate of drug-likeness (QED) is 0.125. The average Bonchev–Trinajstić information content (AvgIpc) is 3.08. The minimum atomic E-state index is -4.47. The molecule has 0 aliphatic heterocycles. The summed E-state index contributed by atoms with van der Waals surface area (Å²) >= 11 is 0. The van der Waals surface area contributed by atoms with Crippen LogP contribution in [0.3, 0.4) is 0 Å². The molecular weight excluding hydrogens is 412 g/mol. The highest BCUT2D eigenvalue weighted by molar-refractivity contribution is 7.80. The van der Waals surface area contributed by atoms with Gasteiger partial charge in [-0.1, -0.05) is 52.4 Å². The molecule has 0 saturated carbocycles. The molecule has 0 saturated heterocycles. The molecule has 0 N–H and O–H groups in total. The molecule has 0 bridgehead atoms. The molecule has 0 aliphatic rings. The number of unbranched alkanes of at least 4 members (excludes halogenated alkanes) is 6. The Bertz CT molecular complexity index is 647. The summed E-state index contributed by atoms with van der Waals surface area (Å²) in [7, 11) is -2.57. The van der Waals surface area contributed by atoms with Crippen molar-refractivity contribution in [3.8, 4) is 0 Å². The number of carbonyl (C=O) groups excluding carboxylic acids is 1. The van der Waals surface area contributed by atoms with Crippen LogP contribution in [-0.4, -0.2) is 49.9 Å². The summed E-state index contributed by atoms with van der Waals surface area (Å²) < 4.78 is 48.0. The van der Waals surface area contributed by atoms with Crippen molar-refractivity contribution in [2.45, 2.75) is 71.8 Å². The molecule has 30 heavy (non-hydrogen) atoms. The second kappa shape index (κ2) is 18.3. The second-order valence-electron chi connectivity index (χ2n) is 6.94. The fourth-order valence-electron chi connectivity index (χ4n) is 2.40. The number of aryl methyl sites for hydroxylation is 1. The summed E-state index contributed by atoms with van der Waals surface area (Å²) in [6.07, 6.45) is 13.9. The molecule has 1 rings (SSSR count). The molecule has 0 amide bonds. The van der Waals surface area contributed by atoms with E-state index in [9.17, 15) is 17.8 Å². The van der Waals surface area contributed by atoms with Crippen molar-refractivity contribution in [3.63, 3.8) is 0 Å². The van der Waals surface area contributed by atoms with E-state index in [4.69, 9.17) is 9.47 Å². The van der Waals surface area contributed by atoms with Crippen molar-refractivity contribution >= 4 is 16.4 Å². The van der Waals surface area contributed by atoms with Crippen molar-refractivity contribution in [2.75, 3.05) is 26.4 Å². The number of aromatic nitrogens is 2. The molecule has 0 aliphatic carbocycles. The van der Waals surface area contributed by atoms with Crippen molar-refractivity contribution < 1.29 is 36.0 Å². The topological polar surface area (TPSA) is 111 Å². The fourth-order valence-corrected chi connectivity index (χ4v) is 2.72. The fraction of sp³-hybridized carbons (Fsp3) is 0.800.